The van der Waals surface area contributed by atoms with Crippen LogP contribution in [-0.4, -0.2) is 35.1 Å². The minimum absolute atomic E-state index is 0.0554. The van der Waals surface area contributed by atoms with Crippen molar-refractivity contribution in [2.24, 2.45) is 0 Å². The number of hydrogen-bond donors (Lipinski definition) is 1. The van der Waals surface area contributed by atoms with Crippen LogP contribution in [-0.2, 0) is 9.59 Å². The van der Waals surface area contributed by atoms with Gasteiger partial charge in [0, 0.05) is 29.9 Å². The van der Waals surface area contributed by atoms with Gasteiger partial charge in [-0.25, -0.2) is 0 Å². The third-order valence-electron chi connectivity index (χ3n) is 5.09. The highest BCUT2D eigenvalue weighted by atomic mass is 35.5. The van der Waals surface area contributed by atoms with Crippen LogP contribution in [0, 0.1) is 11.3 Å². The summed E-state index contributed by atoms with van der Waals surface area (Å²) in [6.45, 7) is 2.85. The first-order valence-electron chi connectivity index (χ1n) is 9.11. The SMILES string of the molecule is C[C@@H]1CCCCN1C(=O)CSC1=C(C#N)[C@@H](c2ccc(Cl)cc2)CC(=O)N1. The Hall–Kier alpha value is -1.97. The number of carbonyl (C=O) groups excluding carboxylic acids is 2. The summed E-state index contributed by atoms with van der Waals surface area (Å²) in [4.78, 5) is 26.7. The number of carbonyl (C=O) groups is 2. The number of nitrogens with one attached hydrogen (secondary N) is 1. The maximum Gasteiger partial charge on any atom is 0.233 e. The average Bonchev–Trinajstić information content (AvgIpc) is 2.66. The zero-order valence-corrected chi connectivity index (χ0v) is 16.8. The molecule has 2 aliphatic rings. The Morgan fingerprint density at radius 2 is 2.11 bits per heavy atom. The third kappa shape index (κ3) is 4.66. The van der Waals surface area contributed by atoms with Crippen molar-refractivity contribution in [3.8, 4) is 6.07 Å². The Balaban J connectivity index is 1.77. The number of nitriles is 1. The molecule has 0 radical (unpaired) electrons. The normalized spacial score (nSPS) is 23.0. The molecular formula is C20H22ClN3O2S. The molecule has 0 unspecified atom stereocenters. The van der Waals surface area contributed by atoms with Gasteiger partial charge in [-0.3, -0.25) is 9.59 Å². The Morgan fingerprint density at radius 1 is 1.37 bits per heavy atom. The largest absolute Gasteiger partial charge is 0.339 e. The summed E-state index contributed by atoms with van der Waals surface area (Å²) in [5.74, 6) is -0.180. The van der Waals surface area contributed by atoms with E-state index in [-0.39, 0.29) is 35.9 Å². The van der Waals surface area contributed by atoms with Crippen LogP contribution in [0.5, 0.6) is 0 Å². The smallest absolute Gasteiger partial charge is 0.233 e. The van der Waals surface area contributed by atoms with Gasteiger partial charge >= 0.3 is 0 Å². The van der Waals surface area contributed by atoms with E-state index in [9.17, 15) is 14.9 Å². The second-order valence-corrected chi connectivity index (χ2v) is 8.35. The Bertz CT molecular complexity index is 800. The van der Waals surface area contributed by atoms with Crippen LogP contribution in [0.15, 0.2) is 34.9 Å². The lowest BCUT2D eigenvalue weighted by Gasteiger charge is -2.33. The van der Waals surface area contributed by atoms with Gasteiger partial charge in [0.05, 0.1) is 22.4 Å². The van der Waals surface area contributed by atoms with Crippen LogP contribution >= 0.6 is 23.4 Å². The zero-order chi connectivity index (χ0) is 19.4. The van der Waals surface area contributed by atoms with Gasteiger partial charge in [0.25, 0.3) is 0 Å². The molecule has 0 saturated carbocycles. The number of amides is 2. The van der Waals surface area contributed by atoms with Gasteiger partial charge in [0.1, 0.15) is 0 Å². The van der Waals surface area contributed by atoms with Crippen molar-refractivity contribution in [3.05, 3.63) is 45.5 Å². The molecule has 1 fully saturated rings. The first-order valence-corrected chi connectivity index (χ1v) is 10.5. The fourth-order valence-corrected chi connectivity index (χ4v) is 4.69. The molecule has 1 aromatic rings. The molecule has 2 amide bonds. The van der Waals surface area contributed by atoms with Gasteiger partial charge in [-0.1, -0.05) is 35.5 Å². The number of hydrogen-bond acceptors (Lipinski definition) is 4. The minimum atomic E-state index is -0.312. The number of likely N-dealkylation sites (tertiary alicyclic amines) is 1. The highest BCUT2D eigenvalue weighted by Gasteiger charge is 2.30. The van der Waals surface area contributed by atoms with E-state index >= 15 is 0 Å². The van der Waals surface area contributed by atoms with Gasteiger partial charge in [0.2, 0.25) is 11.8 Å². The molecule has 7 heteroatoms. The van der Waals surface area contributed by atoms with Crippen molar-refractivity contribution >= 4 is 35.2 Å². The summed E-state index contributed by atoms with van der Waals surface area (Å²) < 4.78 is 0. The maximum atomic E-state index is 12.6. The zero-order valence-electron chi connectivity index (χ0n) is 15.2. The van der Waals surface area contributed by atoms with Gasteiger partial charge in [-0.2, -0.15) is 5.26 Å². The summed E-state index contributed by atoms with van der Waals surface area (Å²) in [5, 5.41) is 13.6. The number of nitrogens with zero attached hydrogens (tertiary/aromatic N) is 2. The number of thioether (sulfide) groups is 1. The summed E-state index contributed by atoms with van der Waals surface area (Å²) >= 11 is 7.19. The Morgan fingerprint density at radius 3 is 2.78 bits per heavy atom. The van der Waals surface area contributed by atoms with Gasteiger partial charge < -0.3 is 10.2 Å². The van der Waals surface area contributed by atoms with E-state index in [1.54, 1.807) is 12.1 Å². The third-order valence-corrected chi connectivity index (χ3v) is 6.35. The quantitative estimate of drug-likeness (QED) is 0.829. The van der Waals surface area contributed by atoms with Crippen molar-refractivity contribution in [2.45, 2.75) is 44.6 Å². The number of rotatable bonds is 4. The van der Waals surface area contributed by atoms with E-state index in [0.29, 0.717) is 15.6 Å². The average molecular weight is 404 g/mol. The van der Waals surface area contributed by atoms with Crippen molar-refractivity contribution in [2.75, 3.05) is 12.3 Å². The van der Waals surface area contributed by atoms with Crippen LogP contribution in [0.4, 0.5) is 0 Å². The fraction of sp³-hybridized carbons (Fsp3) is 0.450. The Labute approximate surface area is 168 Å². The summed E-state index contributed by atoms with van der Waals surface area (Å²) in [5.41, 5.74) is 1.38. The van der Waals surface area contributed by atoms with Crippen LogP contribution < -0.4 is 5.32 Å². The predicted octanol–water partition coefficient (Wildman–Crippen LogP) is 3.81. The second kappa shape index (κ2) is 8.81. The van der Waals surface area contributed by atoms with Gasteiger partial charge in [-0.05, 0) is 43.9 Å². The van der Waals surface area contributed by atoms with E-state index in [4.69, 9.17) is 11.6 Å². The molecule has 0 aromatic heterocycles. The summed E-state index contributed by atoms with van der Waals surface area (Å²) in [6.07, 6.45) is 3.42. The predicted molar refractivity (Wildman–Crippen MR) is 107 cm³/mol. The molecule has 27 heavy (non-hydrogen) atoms. The lowest BCUT2D eigenvalue weighted by molar-refractivity contribution is -0.131. The van der Waals surface area contributed by atoms with Crippen LogP contribution in [0.3, 0.4) is 0 Å². The number of piperidine rings is 1. The van der Waals surface area contributed by atoms with E-state index in [2.05, 4.69) is 18.3 Å². The van der Waals surface area contributed by atoms with E-state index < -0.39 is 0 Å². The molecule has 5 nitrogen and oxygen atoms in total. The second-order valence-electron chi connectivity index (χ2n) is 6.93. The van der Waals surface area contributed by atoms with E-state index in [1.807, 2.05) is 17.0 Å². The molecule has 0 spiro atoms. The molecule has 1 saturated heterocycles. The molecule has 3 rings (SSSR count). The number of allylic oxidation sites excluding steroid dienone is 1. The molecule has 2 atom stereocenters. The van der Waals surface area contributed by atoms with Gasteiger partial charge in [-0.15, -0.1) is 0 Å². The molecule has 2 heterocycles. The van der Waals surface area contributed by atoms with Crippen LogP contribution in [0.1, 0.15) is 44.1 Å². The Kier molecular flexibility index (Phi) is 6.46. The lowest BCUT2D eigenvalue weighted by atomic mass is 9.87. The fourth-order valence-electron chi connectivity index (χ4n) is 3.60. The highest BCUT2D eigenvalue weighted by Crippen LogP contribution is 2.36. The van der Waals surface area contributed by atoms with Gasteiger partial charge in [0.15, 0.2) is 0 Å². The van der Waals surface area contributed by atoms with Crippen LogP contribution in [0.2, 0.25) is 5.02 Å². The lowest BCUT2D eigenvalue weighted by Crippen LogP contribution is -2.43. The molecule has 142 valence electrons. The molecule has 2 aliphatic heterocycles. The highest BCUT2D eigenvalue weighted by molar-refractivity contribution is 8.03. The first kappa shape index (κ1) is 19.8. The summed E-state index contributed by atoms with van der Waals surface area (Å²) in [6, 6.07) is 9.68. The number of benzene rings is 1. The monoisotopic (exact) mass is 403 g/mol. The molecule has 1 N–H and O–H groups in total. The molecular weight excluding hydrogens is 382 g/mol. The van der Waals surface area contributed by atoms with Crippen LogP contribution in [0.25, 0.3) is 0 Å². The molecule has 1 aromatic carbocycles. The van der Waals surface area contributed by atoms with Crippen molar-refractivity contribution in [3.63, 3.8) is 0 Å². The van der Waals surface area contributed by atoms with E-state index in [1.165, 1.54) is 11.8 Å². The molecule has 0 bridgehead atoms. The topological polar surface area (TPSA) is 73.2 Å². The van der Waals surface area contributed by atoms with Crippen molar-refractivity contribution in [1.29, 1.82) is 5.26 Å². The molecule has 0 aliphatic carbocycles. The van der Waals surface area contributed by atoms with Crippen molar-refractivity contribution < 1.29 is 9.59 Å². The van der Waals surface area contributed by atoms with E-state index in [0.717, 1.165) is 31.4 Å². The summed E-state index contributed by atoms with van der Waals surface area (Å²) in [7, 11) is 0. The minimum Gasteiger partial charge on any atom is -0.339 e. The standard InChI is InChI=1S/C20H22ClN3O2S/c1-13-4-2-3-9-24(13)19(26)12-27-20-17(11-22)16(10-18(25)23-20)14-5-7-15(21)8-6-14/h5-8,13,16H,2-4,9-10,12H2,1H3,(H,23,25)/t13-,16-/m1/s1. The first-order chi connectivity index (χ1) is 13.0. The maximum absolute atomic E-state index is 12.6. The van der Waals surface area contributed by atoms with Crippen molar-refractivity contribution in [1.82, 2.24) is 10.2 Å². The number of halogens is 1.